The summed E-state index contributed by atoms with van der Waals surface area (Å²) in [5.74, 6) is -3.08. The standard InChI is InChI=1S/C17H23BN2O8/c1-17(19,7-21)16(25)20-5-8(6-20)28-12-3-2-9(10-4-11(10)18(26)27)14(22)13(12)15(23)24/h2-3,8,10-11,21-22,26-27H,4-7,19H2,1H3,(H,23,24)/t10?,11?,17-/m0/s1. The maximum atomic E-state index is 12.1. The first-order chi connectivity index (χ1) is 13.1. The van der Waals surface area contributed by atoms with E-state index in [2.05, 4.69) is 0 Å². The first-order valence-corrected chi connectivity index (χ1v) is 8.88. The van der Waals surface area contributed by atoms with Gasteiger partial charge in [0.1, 0.15) is 28.7 Å². The van der Waals surface area contributed by atoms with Crippen molar-refractivity contribution in [2.24, 2.45) is 5.73 Å². The van der Waals surface area contributed by atoms with Crippen molar-refractivity contribution in [1.29, 1.82) is 0 Å². The molecule has 1 aliphatic carbocycles. The van der Waals surface area contributed by atoms with Gasteiger partial charge in [-0.25, -0.2) is 4.79 Å². The Hall–Kier alpha value is -2.34. The zero-order valence-electron chi connectivity index (χ0n) is 15.3. The predicted octanol–water partition coefficient (Wildman–Crippen LogP) is -1.28. The number of carbonyl (C=O) groups is 2. The zero-order valence-corrected chi connectivity index (χ0v) is 15.3. The van der Waals surface area contributed by atoms with Crippen molar-refractivity contribution in [3.05, 3.63) is 23.3 Å². The Kier molecular flexibility index (Phi) is 5.28. The van der Waals surface area contributed by atoms with E-state index in [9.17, 15) is 29.9 Å². The number of rotatable bonds is 7. The first-order valence-electron chi connectivity index (χ1n) is 8.88. The average molecular weight is 394 g/mol. The number of aliphatic hydroxyl groups is 1. The summed E-state index contributed by atoms with van der Waals surface area (Å²) in [6.07, 6.45) is -0.0397. The van der Waals surface area contributed by atoms with Crippen LogP contribution < -0.4 is 10.5 Å². The van der Waals surface area contributed by atoms with Crippen LogP contribution in [0.1, 0.15) is 35.2 Å². The molecule has 28 heavy (non-hydrogen) atoms. The maximum Gasteiger partial charge on any atom is 0.455 e. The number of carboxylic acid groups (broad SMARTS) is 1. The number of carboxylic acids is 1. The smallest absolute Gasteiger partial charge is 0.455 e. The van der Waals surface area contributed by atoms with Crippen LogP contribution in [0.15, 0.2) is 12.1 Å². The number of phenols is 1. The van der Waals surface area contributed by atoms with E-state index in [-0.39, 0.29) is 24.8 Å². The van der Waals surface area contributed by atoms with Crippen molar-refractivity contribution in [1.82, 2.24) is 4.90 Å². The Morgan fingerprint density at radius 3 is 2.50 bits per heavy atom. The number of aliphatic hydroxyl groups excluding tert-OH is 1. The Bertz CT molecular complexity index is 794. The van der Waals surface area contributed by atoms with E-state index in [1.807, 2.05) is 0 Å². The number of aromatic hydroxyl groups is 1. The molecule has 1 saturated heterocycles. The lowest BCUT2D eigenvalue weighted by Gasteiger charge is -2.42. The van der Waals surface area contributed by atoms with Gasteiger partial charge in [0.25, 0.3) is 0 Å². The topological polar surface area (TPSA) is 174 Å². The fourth-order valence-electron chi connectivity index (χ4n) is 3.38. The second-order valence-corrected chi connectivity index (χ2v) is 7.63. The minimum Gasteiger partial charge on any atom is -0.507 e. The van der Waals surface area contributed by atoms with Crippen LogP contribution in [0.25, 0.3) is 0 Å². The Balaban J connectivity index is 1.71. The number of hydrogen-bond acceptors (Lipinski definition) is 8. The van der Waals surface area contributed by atoms with E-state index in [4.69, 9.17) is 15.6 Å². The van der Waals surface area contributed by atoms with Crippen LogP contribution >= 0.6 is 0 Å². The fraction of sp³-hybridized carbons (Fsp3) is 0.529. The van der Waals surface area contributed by atoms with Gasteiger partial charge in [-0.1, -0.05) is 6.07 Å². The number of nitrogens with two attached hydrogens (primary N) is 1. The predicted molar refractivity (Wildman–Crippen MR) is 97.0 cm³/mol. The van der Waals surface area contributed by atoms with Gasteiger partial charge in [-0.3, -0.25) is 4.79 Å². The molecule has 2 fully saturated rings. The third-order valence-corrected chi connectivity index (χ3v) is 5.25. The molecule has 1 saturated carbocycles. The summed E-state index contributed by atoms with van der Waals surface area (Å²) in [5, 5.41) is 47.5. The molecule has 11 heteroatoms. The molecule has 0 bridgehead atoms. The van der Waals surface area contributed by atoms with Crippen molar-refractivity contribution in [2.45, 2.75) is 36.7 Å². The molecule has 3 atom stereocenters. The highest BCUT2D eigenvalue weighted by molar-refractivity contribution is 6.44. The van der Waals surface area contributed by atoms with Crippen LogP contribution in [-0.2, 0) is 4.79 Å². The van der Waals surface area contributed by atoms with Crippen molar-refractivity contribution < 1.29 is 39.7 Å². The number of carbonyl (C=O) groups excluding carboxylic acids is 1. The molecule has 1 aliphatic heterocycles. The van der Waals surface area contributed by atoms with Crippen molar-refractivity contribution in [3.8, 4) is 11.5 Å². The van der Waals surface area contributed by atoms with Crippen molar-refractivity contribution >= 4 is 19.0 Å². The molecular formula is C17H23BN2O8. The van der Waals surface area contributed by atoms with Crippen LogP contribution in [0.5, 0.6) is 11.5 Å². The molecule has 3 rings (SSSR count). The van der Waals surface area contributed by atoms with E-state index in [1.165, 1.54) is 24.0 Å². The highest BCUT2D eigenvalue weighted by Gasteiger charge is 2.48. The lowest BCUT2D eigenvalue weighted by Crippen LogP contribution is -2.64. The monoisotopic (exact) mass is 394 g/mol. The highest BCUT2D eigenvalue weighted by Crippen LogP contribution is 2.56. The van der Waals surface area contributed by atoms with Crippen molar-refractivity contribution in [3.63, 3.8) is 0 Å². The van der Waals surface area contributed by atoms with Crippen LogP contribution in [0.2, 0.25) is 5.82 Å². The molecule has 152 valence electrons. The largest absolute Gasteiger partial charge is 0.507 e. The number of ether oxygens (including phenoxy) is 1. The Morgan fingerprint density at radius 2 is 2.00 bits per heavy atom. The number of aromatic carboxylic acids is 1. The van der Waals surface area contributed by atoms with Gasteiger partial charge >= 0.3 is 13.1 Å². The zero-order chi connectivity index (χ0) is 20.8. The molecular weight excluding hydrogens is 371 g/mol. The molecule has 1 amide bonds. The minimum absolute atomic E-state index is 0.0368. The van der Waals surface area contributed by atoms with E-state index < -0.39 is 54.4 Å². The third kappa shape index (κ3) is 3.66. The summed E-state index contributed by atoms with van der Waals surface area (Å²) >= 11 is 0. The van der Waals surface area contributed by atoms with Gasteiger partial charge in [0, 0.05) is 5.82 Å². The minimum atomic E-state index is -1.53. The van der Waals surface area contributed by atoms with E-state index in [1.54, 1.807) is 0 Å². The molecule has 1 aromatic rings. The van der Waals surface area contributed by atoms with Gasteiger partial charge in [0.15, 0.2) is 0 Å². The molecule has 0 aromatic heterocycles. The Labute approximate surface area is 161 Å². The summed E-state index contributed by atoms with van der Waals surface area (Å²) < 4.78 is 5.64. The fourth-order valence-corrected chi connectivity index (χ4v) is 3.38. The second-order valence-electron chi connectivity index (χ2n) is 7.63. The third-order valence-electron chi connectivity index (χ3n) is 5.25. The van der Waals surface area contributed by atoms with Gasteiger partial charge in [0.2, 0.25) is 5.91 Å². The summed E-state index contributed by atoms with van der Waals surface area (Å²) in [6, 6.07) is 2.93. The molecule has 10 nitrogen and oxygen atoms in total. The lowest BCUT2D eigenvalue weighted by atomic mass is 9.81. The molecule has 2 unspecified atom stereocenters. The number of nitrogens with zero attached hydrogens (tertiary/aromatic N) is 1. The van der Waals surface area contributed by atoms with E-state index in [0.29, 0.717) is 12.0 Å². The van der Waals surface area contributed by atoms with Gasteiger partial charge in [0.05, 0.1) is 19.7 Å². The molecule has 2 aliphatic rings. The summed E-state index contributed by atoms with van der Waals surface area (Å²) in [5.41, 5.74) is 4.24. The average Bonchev–Trinajstić information content (AvgIpc) is 3.37. The number of benzene rings is 1. The van der Waals surface area contributed by atoms with Gasteiger partial charge in [-0.15, -0.1) is 0 Å². The Morgan fingerprint density at radius 1 is 1.36 bits per heavy atom. The summed E-state index contributed by atoms with van der Waals surface area (Å²) in [4.78, 5) is 25.2. The highest BCUT2D eigenvalue weighted by atomic mass is 16.5. The van der Waals surface area contributed by atoms with Crippen LogP contribution in [0.4, 0.5) is 0 Å². The molecule has 0 spiro atoms. The van der Waals surface area contributed by atoms with Crippen LogP contribution in [0.3, 0.4) is 0 Å². The number of hydrogen-bond donors (Lipinski definition) is 6. The van der Waals surface area contributed by atoms with Gasteiger partial charge in [-0.2, -0.15) is 0 Å². The van der Waals surface area contributed by atoms with E-state index >= 15 is 0 Å². The maximum absolute atomic E-state index is 12.1. The van der Waals surface area contributed by atoms with Gasteiger partial charge < -0.3 is 40.7 Å². The lowest BCUT2D eigenvalue weighted by molar-refractivity contribution is -0.146. The molecule has 0 radical (unpaired) electrons. The summed E-state index contributed by atoms with van der Waals surface area (Å²) in [6.45, 7) is 1.26. The SMILES string of the molecule is C[C@](N)(CO)C(=O)N1CC(Oc2ccc(C3CC3B(O)O)c(O)c2C(=O)O)C1. The normalized spacial score (nSPS) is 23.5. The second kappa shape index (κ2) is 7.24. The summed E-state index contributed by atoms with van der Waals surface area (Å²) in [7, 11) is -1.53. The van der Waals surface area contributed by atoms with Gasteiger partial charge in [-0.05, 0) is 30.9 Å². The first kappa shape index (κ1) is 20.4. The number of likely N-dealkylation sites (tertiary alicyclic amines) is 1. The molecule has 1 aromatic carbocycles. The van der Waals surface area contributed by atoms with Crippen LogP contribution in [0, 0.1) is 0 Å². The molecule has 1 heterocycles. The molecule has 7 N–H and O–H groups in total. The quantitative estimate of drug-likeness (QED) is 0.308. The van der Waals surface area contributed by atoms with Crippen molar-refractivity contribution in [2.75, 3.05) is 19.7 Å². The number of amides is 1. The van der Waals surface area contributed by atoms with E-state index in [0.717, 1.165) is 0 Å². The van der Waals surface area contributed by atoms with Crippen LogP contribution in [-0.4, -0.2) is 80.6 Å².